The molecule has 3 aromatic carbocycles. The van der Waals surface area contributed by atoms with E-state index in [4.69, 9.17) is 21.3 Å². The van der Waals surface area contributed by atoms with Gasteiger partial charge < -0.3 is 14.6 Å². The average molecular weight is 493 g/mol. The molecule has 0 aliphatic carbocycles. The molecular weight excluding hydrogens is 464 g/mol. The third-order valence-corrected chi connectivity index (χ3v) is 6.40. The third-order valence-electron chi connectivity index (χ3n) is 6.00. The van der Waals surface area contributed by atoms with Crippen LogP contribution in [0, 0.1) is 0 Å². The molecule has 1 unspecified atom stereocenters. The number of aromatic nitrogens is 2. The summed E-state index contributed by atoms with van der Waals surface area (Å²) in [4.78, 5) is 17.2. The summed E-state index contributed by atoms with van der Waals surface area (Å²) in [5.74, 6) is 0.847. The molecule has 1 atom stereocenters. The Hall–Kier alpha value is -3.35. The standard InChI is InChI=1S/C28H29ClN2O4/c1-3-4-9-26-30-24(25(18-32)31(26)29)16-19-10-14-23(15-11-19)35-27(28(33)34-2)22-13-12-20-7-5-6-8-21(20)17-22/h5-8,10-15,17,27,32H,3-4,9,16,18H2,1-2H3. The van der Waals surface area contributed by atoms with Gasteiger partial charge in [-0.3, -0.25) is 0 Å². The van der Waals surface area contributed by atoms with Gasteiger partial charge in [0.25, 0.3) is 0 Å². The number of unbranched alkanes of at least 4 members (excludes halogenated alkanes) is 1. The van der Waals surface area contributed by atoms with Crippen LogP contribution in [0.3, 0.4) is 0 Å². The second kappa shape index (κ2) is 11.4. The van der Waals surface area contributed by atoms with E-state index in [1.807, 2.05) is 66.7 Å². The van der Waals surface area contributed by atoms with Gasteiger partial charge >= 0.3 is 5.97 Å². The molecule has 6 nitrogen and oxygen atoms in total. The molecule has 1 N–H and O–H groups in total. The third kappa shape index (κ3) is 5.66. The molecule has 0 radical (unpaired) electrons. The number of carbonyl (C=O) groups excluding carboxylic acids is 1. The fraction of sp³-hybridized carbons (Fsp3) is 0.286. The molecule has 0 aliphatic heterocycles. The van der Waals surface area contributed by atoms with E-state index in [0.717, 1.165) is 52.7 Å². The first-order chi connectivity index (χ1) is 17.0. The lowest BCUT2D eigenvalue weighted by atomic mass is 10.0. The van der Waals surface area contributed by atoms with Crippen molar-refractivity contribution in [2.75, 3.05) is 7.11 Å². The zero-order chi connectivity index (χ0) is 24.8. The van der Waals surface area contributed by atoms with Crippen LogP contribution >= 0.6 is 11.8 Å². The van der Waals surface area contributed by atoms with E-state index in [0.29, 0.717) is 17.9 Å². The summed E-state index contributed by atoms with van der Waals surface area (Å²) in [5, 5.41) is 11.9. The lowest BCUT2D eigenvalue weighted by Gasteiger charge is -2.18. The first kappa shape index (κ1) is 24.8. The monoisotopic (exact) mass is 492 g/mol. The minimum atomic E-state index is -0.885. The lowest BCUT2D eigenvalue weighted by Crippen LogP contribution is -2.20. The number of carbonyl (C=O) groups is 1. The Morgan fingerprint density at radius 3 is 2.51 bits per heavy atom. The topological polar surface area (TPSA) is 73.6 Å². The van der Waals surface area contributed by atoms with Gasteiger partial charge in [-0.15, -0.1) is 0 Å². The van der Waals surface area contributed by atoms with Gasteiger partial charge in [0.2, 0.25) is 6.10 Å². The van der Waals surface area contributed by atoms with E-state index < -0.39 is 12.1 Å². The Bertz CT molecular complexity index is 1300. The Kier molecular flexibility index (Phi) is 8.06. The molecule has 0 aliphatic rings. The maximum absolute atomic E-state index is 12.5. The van der Waals surface area contributed by atoms with Crippen LogP contribution in [0.4, 0.5) is 0 Å². The first-order valence-corrected chi connectivity index (χ1v) is 12.1. The summed E-state index contributed by atoms with van der Waals surface area (Å²) >= 11 is 6.38. The van der Waals surface area contributed by atoms with Crippen LogP contribution in [0.1, 0.15) is 54.2 Å². The van der Waals surface area contributed by atoms with Gasteiger partial charge in [-0.05, 0) is 41.0 Å². The van der Waals surface area contributed by atoms with Crippen molar-refractivity contribution in [3.05, 3.63) is 95.1 Å². The molecule has 7 heteroatoms. The van der Waals surface area contributed by atoms with Crippen molar-refractivity contribution < 1.29 is 19.4 Å². The number of rotatable bonds is 10. The van der Waals surface area contributed by atoms with Crippen LogP contribution in [0.25, 0.3) is 10.8 Å². The smallest absolute Gasteiger partial charge is 0.351 e. The van der Waals surface area contributed by atoms with Gasteiger partial charge in [0.1, 0.15) is 11.6 Å². The molecule has 0 saturated heterocycles. The predicted molar refractivity (Wildman–Crippen MR) is 137 cm³/mol. The minimum absolute atomic E-state index is 0.175. The number of aryl methyl sites for hydroxylation is 1. The van der Waals surface area contributed by atoms with E-state index in [1.165, 1.54) is 11.2 Å². The molecule has 0 saturated carbocycles. The maximum Gasteiger partial charge on any atom is 0.351 e. The van der Waals surface area contributed by atoms with E-state index >= 15 is 0 Å². The fourth-order valence-electron chi connectivity index (χ4n) is 4.06. The molecule has 182 valence electrons. The number of hydrogen-bond donors (Lipinski definition) is 1. The zero-order valence-corrected chi connectivity index (χ0v) is 20.7. The summed E-state index contributed by atoms with van der Waals surface area (Å²) in [6, 6.07) is 21.2. The van der Waals surface area contributed by atoms with Crippen LogP contribution in [0.2, 0.25) is 0 Å². The first-order valence-electron chi connectivity index (χ1n) is 11.7. The molecule has 0 amide bonds. The van der Waals surface area contributed by atoms with Crippen LogP contribution in [0.5, 0.6) is 5.75 Å². The number of hydrogen-bond acceptors (Lipinski definition) is 5. The van der Waals surface area contributed by atoms with Crippen molar-refractivity contribution in [3.63, 3.8) is 0 Å². The normalized spacial score (nSPS) is 12.0. The summed E-state index contributed by atoms with van der Waals surface area (Å²) in [6.07, 6.45) is 2.44. The predicted octanol–water partition coefficient (Wildman–Crippen LogP) is 5.76. The summed E-state index contributed by atoms with van der Waals surface area (Å²) in [6.45, 7) is 1.94. The number of benzene rings is 3. The number of halogens is 1. The second-order valence-corrected chi connectivity index (χ2v) is 8.75. The Labute approximate surface area is 210 Å². The van der Waals surface area contributed by atoms with Gasteiger partial charge in [-0.1, -0.05) is 61.9 Å². The number of nitrogens with zero attached hydrogens (tertiary/aromatic N) is 2. The van der Waals surface area contributed by atoms with Crippen LogP contribution in [-0.4, -0.2) is 27.3 Å². The molecule has 0 fully saturated rings. The van der Waals surface area contributed by atoms with Gasteiger partial charge in [0.15, 0.2) is 0 Å². The number of aliphatic hydroxyl groups is 1. The number of imidazole rings is 1. The zero-order valence-electron chi connectivity index (χ0n) is 19.9. The summed E-state index contributed by atoms with van der Waals surface area (Å²) < 4.78 is 12.6. The Morgan fingerprint density at radius 2 is 1.83 bits per heavy atom. The SMILES string of the molecule is CCCCc1nc(Cc2ccc(OC(C(=O)OC)c3ccc4ccccc4c3)cc2)c(CO)n1Cl. The van der Waals surface area contributed by atoms with Crippen molar-refractivity contribution in [1.82, 2.24) is 9.07 Å². The quantitative estimate of drug-likeness (QED) is 0.285. The van der Waals surface area contributed by atoms with E-state index in [-0.39, 0.29) is 6.61 Å². The van der Waals surface area contributed by atoms with Crippen molar-refractivity contribution in [2.24, 2.45) is 0 Å². The molecule has 35 heavy (non-hydrogen) atoms. The highest BCUT2D eigenvalue weighted by Crippen LogP contribution is 2.27. The highest BCUT2D eigenvalue weighted by atomic mass is 35.5. The molecule has 4 rings (SSSR count). The van der Waals surface area contributed by atoms with Gasteiger partial charge in [0.05, 0.1) is 25.1 Å². The molecule has 4 aromatic rings. The minimum Gasteiger partial charge on any atom is -0.474 e. The van der Waals surface area contributed by atoms with Crippen molar-refractivity contribution >= 4 is 28.5 Å². The van der Waals surface area contributed by atoms with Gasteiger partial charge in [-0.2, -0.15) is 0 Å². The molecule has 0 spiro atoms. The van der Waals surface area contributed by atoms with E-state index in [9.17, 15) is 9.90 Å². The Balaban J connectivity index is 1.53. The number of aliphatic hydroxyl groups excluding tert-OH is 1. The molecular formula is C28H29ClN2O4. The average Bonchev–Trinajstić information content (AvgIpc) is 3.19. The van der Waals surface area contributed by atoms with Crippen LogP contribution < -0.4 is 4.74 Å². The van der Waals surface area contributed by atoms with Crippen LogP contribution in [0.15, 0.2) is 66.7 Å². The van der Waals surface area contributed by atoms with Crippen molar-refractivity contribution in [2.45, 2.75) is 45.3 Å². The Morgan fingerprint density at radius 1 is 1.09 bits per heavy atom. The molecule has 1 heterocycles. The van der Waals surface area contributed by atoms with Gasteiger partial charge in [-0.25, -0.2) is 13.9 Å². The summed E-state index contributed by atoms with van der Waals surface area (Å²) in [5.41, 5.74) is 3.08. The largest absolute Gasteiger partial charge is 0.474 e. The number of ether oxygens (including phenoxy) is 2. The fourth-order valence-corrected chi connectivity index (χ4v) is 4.34. The summed E-state index contributed by atoms with van der Waals surface area (Å²) in [7, 11) is 1.35. The lowest BCUT2D eigenvalue weighted by molar-refractivity contribution is -0.149. The number of esters is 1. The van der Waals surface area contributed by atoms with E-state index in [1.54, 1.807) is 0 Å². The highest BCUT2D eigenvalue weighted by Gasteiger charge is 2.24. The molecule has 0 bridgehead atoms. The molecule has 1 aromatic heterocycles. The van der Waals surface area contributed by atoms with Gasteiger partial charge in [0, 0.05) is 30.2 Å². The maximum atomic E-state index is 12.5. The number of methoxy groups -OCH3 is 1. The second-order valence-electron chi connectivity index (χ2n) is 8.41. The van der Waals surface area contributed by atoms with Crippen LogP contribution in [-0.2, 0) is 29.0 Å². The van der Waals surface area contributed by atoms with E-state index in [2.05, 4.69) is 11.9 Å². The highest BCUT2D eigenvalue weighted by molar-refractivity contribution is 6.16. The van der Waals surface area contributed by atoms with Crippen molar-refractivity contribution in [1.29, 1.82) is 0 Å². The number of fused-ring (bicyclic) bond motifs is 1. The van der Waals surface area contributed by atoms with Crippen molar-refractivity contribution in [3.8, 4) is 5.75 Å².